The second-order valence-electron chi connectivity index (χ2n) is 4.12. The third-order valence-electron chi connectivity index (χ3n) is 2.76. The Morgan fingerprint density at radius 1 is 1.53 bits per heavy atom. The van der Waals surface area contributed by atoms with E-state index in [9.17, 15) is 4.79 Å². The molecule has 0 aromatic carbocycles. The number of hydrogen-bond acceptors (Lipinski definition) is 5. The number of rotatable bonds is 5. The van der Waals surface area contributed by atoms with Gasteiger partial charge in [0.05, 0.1) is 12.3 Å². The number of aliphatic hydroxyl groups excluding tert-OH is 1. The maximum atomic E-state index is 11.1. The van der Waals surface area contributed by atoms with Crippen molar-refractivity contribution in [2.24, 2.45) is 5.73 Å². The summed E-state index contributed by atoms with van der Waals surface area (Å²) in [6.45, 7) is 0.489. The lowest BCUT2D eigenvalue weighted by Crippen LogP contribution is -2.31. The van der Waals surface area contributed by atoms with Crippen LogP contribution in [0.2, 0.25) is 0 Å². The number of nitrogen functional groups attached to an aromatic ring is 1. The summed E-state index contributed by atoms with van der Waals surface area (Å²) in [6, 6.07) is 3.49. The molecule has 0 radical (unpaired) electrons. The maximum absolute atomic E-state index is 11.1. The summed E-state index contributed by atoms with van der Waals surface area (Å²) >= 11 is 0. The van der Waals surface area contributed by atoms with Gasteiger partial charge in [0.15, 0.2) is 5.82 Å². The second kappa shape index (κ2) is 4.58. The van der Waals surface area contributed by atoms with Gasteiger partial charge in [0, 0.05) is 12.6 Å². The number of hydrogen-bond donors (Lipinski definition) is 3. The average molecular weight is 236 g/mol. The maximum Gasteiger partial charge on any atom is 0.267 e. The van der Waals surface area contributed by atoms with Gasteiger partial charge in [0.25, 0.3) is 5.91 Å². The normalized spacial score (nSPS) is 14.6. The zero-order valence-corrected chi connectivity index (χ0v) is 9.47. The molecule has 6 nitrogen and oxygen atoms in total. The first kappa shape index (κ1) is 11.7. The van der Waals surface area contributed by atoms with Crippen LogP contribution in [0.5, 0.6) is 0 Å². The zero-order valence-electron chi connectivity index (χ0n) is 9.47. The fourth-order valence-electron chi connectivity index (χ4n) is 1.78. The molecule has 92 valence electrons. The minimum Gasteiger partial charge on any atom is -0.396 e. The molecule has 6 heteroatoms. The van der Waals surface area contributed by atoms with Crippen LogP contribution in [-0.4, -0.2) is 35.2 Å². The monoisotopic (exact) mass is 236 g/mol. The van der Waals surface area contributed by atoms with Crippen LogP contribution in [0.3, 0.4) is 0 Å². The lowest BCUT2D eigenvalue weighted by atomic mass is 10.3. The Hall–Kier alpha value is -1.82. The summed E-state index contributed by atoms with van der Waals surface area (Å²) in [5, 5.41) is 9.04. The Morgan fingerprint density at radius 3 is 2.76 bits per heavy atom. The van der Waals surface area contributed by atoms with E-state index in [1.54, 1.807) is 6.07 Å². The predicted octanol–water partition coefficient (Wildman–Crippen LogP) is -0.276. The van der Waals surface area contributed by atoms with Gasteiger partial charge < -0.3 is 21.5 Å². The van der Waals surface area contributed by atoms with Crippen LogP contribution in [0.15, 0.2) is 12.1 Å². The third kappa shape index (κ3) is 2.47. The average Bonchev–Trinajstić information content (AvgIpc) is 3.10. The van der Waals surface area contributed by atoms with E-state index in [-0.39, 0.29) is 12.3 Å². The summed E-state index contributed by atoms with van der Waals surface area (Å²) in [5.74, 6) is -0.0381. The highest BCUT2D eigenvalue weighted by Crippen LogP contribution is 2.33. The second-order valence-corrected chi connectivity index (χ2v) is 4.12. The number of nitrogens with zero attached hydrogens (tertiary/aromatic N) is 2. The molecule has 1 amide bonds. The highest BCUT2D eigenvalue weighted by molar-refractivity contribution is 5.92. The summed E-state index contributed by atoms with van der Waals surface area (Å²) in [4.78, 5) is 17.2. The van der Waals surface area contributed by atoms with Crippen molar-refractivity contribution in [1.82, 2.24) is 4.98 Å². The van der Waals surface area contributed by atoms with Gasteiger partial charge in [0.2, 0.25) is 0 Å². The molecule has 1 aromatic heterocycles. The molecule has 0 spiro atoms. The Balaban J connectivity index is 2.33. The minimum atomic E-state index is -0.578. The number of pyridine rings is 1. The van der Waals surface area contributed by atoms with E-state index in [4.69, 9.17) is 16.6 Å². The molecule has 0 bridgehead atoms. The lowest BCUT2D eigenvalue weighted by molar-refractivity contribution is 0.0995. The van der Waals surface area contributed by atoms with Gasteiger partial charge in [-0.2, -0.15) is 0 Å². The fraction of sp³-hybridized carbons (Fsp3) is 0.455. The molecule has 0 atom stereocenters. The molecule has 1 fully saturated rings. The number of primary amides is 1. The molecule has 5 N–H and O–H groups in total. The van der Waals surface area contributed by atoms with E-state index >= 15 is 0 Å². The molecule has 1 aromatic rings. The highest BCUT2D eigenvalue weighted by atomic mass is 16.3. The van der Waals surface area contributed by atoms with Gasteiger partial charge in [0.1, 0.15) is 5.69 Å². The predicted molar refractivity (Wildman–Crippen MR) is 64.6 cm³/mol. The van der Waals surface area contributed by atoms with Crippen molar-refractivity contribution >= 4 is 17.4 Å². The summed E-state index contributed by atoms with van der Waals surface area (Å²) in [7, 11) is 0. The van der Waals surface area contributed by atoms with Crippen molar-refractivity contribution in [3.05, 3.63) is 17.8 Å². The first-order chi connectivity index (χ1) is 8.13. The van der Waals surface area contributed by atoms with Crippen molar-refractivity contribution in [2.45, 2.75) is 18.9 Å². The van der Waals surface area contributed by atoms with Crippen LogP contribution >= 0.6 is 0 Å². The van der Waals surface area contributed by atoms with Crippen LogP contribution in [0.1, 0.15) is 23.3 Å². The minimum absolute atomic E-state index is 0.0262. The highest BCUT2D eigenvalue weighted by Gasteiger charge is 2.31. The summed E-state index contributed by atoms with van der Waals surface area (Å²) in [6.07, 6.45) is 2.11. The molecule has 0 aliphatic heterocycles. The number of nitrogens with two attached hydrogens (primary N) is 2. The molecule has 1 aliphatic carbocycles. The molecule has 1 saturated carbocycles. The first-order valence-electron chi connectivity index (χ1n) is 5.57. The Kier molecular flexibility index (Phi) is 3.14. The van der Waals surface area contributed by atoms with Crippen LogP contribution in [0.4, 0.5) is 11.5 Å². The van der Waals surface area contributed by atoms with Crippen molar-refractivity contribution in [1.29, 1.82) is 0 Å². The SMILES string of the molecule is NC(=O)c1ccc(N)c(N(CCO)C2CC2)n1. The molecule has 2 rings (SSSR count). The van der Waals surface area contributed by atoms with E-state index in [1.165, 1.54) is 6.07 Å². The van der Waals surface area contributed by atoms with Crippen molar-refractivity contribution in [2.75, 3.05) is 23.8 Å². The van der Waals surface area contributed by atoms with Crippen LogP contribution in [0, 0.1) is 0 Å². The summed E-state index contributed by atoms with van der Waals surface area (Å²) < 4.78 is 0. The van der Waals surface area contributed by atoms with Gasteiger partial charge in [-0.3, -0.25) is 4.79 Å². The molecule has 17 heavy (non-hydrogen) atoms. The van der Waals surface area contributed by atoms with Crippen molar-refractivity contribution < 1.29 is 9.90 Å². The number of aromatic nitrogens is 1. The molecule has 1 heterocycles. The zero-order chi connectivity index (χ0) is 12.4. The van der Waals surface area contributed by atoms with Gasteiger partial charge in [-0.1, -0.05) is 0 Å². The van der Waals surface area contributed by atoms with Crippen LogP contribution in [-0.2, 0) is 0 Å². The quantitative estimate of drug-likeness (QED) is 0.652. The topological polar surface area (TPSA) is 105 Å². The third-order valence-corrected chi connectivity index (χ3v) is 2.76. The van der Waals surface area contributed by atoms with Gasteiger partial charge in [-0.25, -0.2) is 4.98 Å². The van der Waals surface area contributed by atoms with Gasteiger partial charge in [-0.15, -0.1) is 0 Å². The fourth-order valence-corrected chi connectivity index (χ4v) is 1.78. The summed E-state index contributed by atoms with van der Waals surface area (Å²) in [5.41, 5.74) is 11.7. The van der Waals surface area contributed by atoms with Crippen molar-refractivity contribution in [3.63, 3.8) is 0 Å². The van der Waals surface area contributed by atoms with E-state index in [2.05, 4.69) is 4.98 Å². The standard InChI is InChI=1S/C11H16N4O2/c12-8-3-4-9(10(13)17)14-11(8)15(5-6-16)7-1-2-7/h3-4,7,16H,1-2,5-6,12H2,(H2,13,17). The molecule has 1 aliphatic rings. The number of carbonyl (C=O) groups excluding carboxylic acids is 1. The van der Waals surface area contributed by atoms with Crippen molar-refractivity contribution in [3.8, 4) is 0 Å². The van der Waals surface area contributed by atoms with E-state index in [0.717, 1.165) is 12.8 Å². The van der Waals surface area contributed by atoms with E-state index in [1.807, 2.05) is 4.90 Å². The van der Waals surface area contributed by atoms with Gasteiger partial charge >= 0.3 is 0 Å². The van der Waals surface area contributed by atoms with Crippen LogP contribution in [0.25, 0.3) is 0 Å². The number of carbonyl (C=O) groups is 1. The molecule has 0 unspecified atom stereocenters. The van der Waals surface area contributed by atoms with Gasteiger partial charge in [-0.05, 0) is 25.0 Å². The molecular weight excluding hydrogens is 220 g/mol. The molecule has 0 saturated heterocycles. The van der Waals surface area contributed by atoms with Crippen LogP contribution < -0.4 is 16.4 Å². The number of amides is 1. The van der Waals surface area contributed by atoms with E-state index < -0.39 is 5.91 Å². The first-order valence-corrected chi connectivity index (χ1v) is 5.57. The Bertz CT molecular complexity index is 431. The Labute approximate surface area is 99.2 Å². The lowest BCUT2D eigenvalue weighted by Gasteiger charge is -2.24. The Morgan fingerprint density at radius 2 is 2.24 bits per heavy atom. The molecular formula is C11H16N4O2. The van der Waals surface area contributed by atoms with E-state index in [0.29, 0.717) is 24.1 Å². The number of aliphatic hydroxyl groups is 1. The largest absolute Gasteiger partial charge is 0.396 e. The smallest absolute Gasteiger partial charge is 0.267 e. The number of anilines is 2.